The first-order valence-corrected chi connectivity index (χ1v) is 5.29. The molecule has 4 nitrogen and oxygen atoms in total. The second-order valence-corrected chi connectivity index (χ2v) is 3.56. The van der Waals surface area contributed by atoms with Gasteiger partial charge in [0.1, 0.15) is 11.6 Å². The van der Waals surface area contributed by atoms with Crippen LogP contribution >= 0.6 is 11.6 Å². The van der Waals surface area contributed by atoms with Crippen LogP contribution in [-0.2, 0) is 4.74 Å². The highest BCUT2D eigenvalue weighted by Gasteiger charge is 2.16. The Morgan fingerprint density at radius 1 is 1.53 bits per heavy atom. The Hall–Kier alpha value is -1.33. The second-order valence-electron chi connectivity index (χ2n) is 3.18. The van der Waals surface area contributed by atoms with Crippen LogP contribution in [0.15, 0.2) is 12.1 Å². The van der Waals surface area contributed by atoms with Gasteiger partial charge in [0, 0.05) is 19.1 Å². The highest BCUT2D eigenvalue weighted by Crippen LogP contribution is 2.26. The third kappa shape index (κ3) is 3.57. The van der Waals surface area contributed by atoms with Crippen LogP contribution in [0, 0.1) is 5.82 Å². The van der Waals surface area contributed by atoms with Gasteiger partial charge in [-0.15, -0.1) is 0 Å². The van der Waals surface area contributed by atoms with E-state index in [1.54, 1.807) is 0 Å². The van der Waals surface area contributed by atoms with Gasteiger partial charge in [0.15, 0.2) is 0 Å². The van der Waals surface area contributed by atoms with Crippen molar-refractivity contribution in [1.29, 1.82) is 0 Å². The SMILES string of the molecule is COC(=O)c1cc(OCCCO)cc(F)c1Cl. The zero-order valence-corrected chi connectivity index (χ0v) is 9.96. The Labute approximate surface area is 103 Å². The fraction of sp³-hybridized carbons (Fsp3) is 0.364. The first kappa shape index (κ1) is 13.7. The van der Waals surface area contributed by atoms with Gasteiger partial charge in [0.05, 0.1) is 24.3 Å². The predicted octanol–water partition coefficient (Wildman–Crippen LogP) is 2.03. The van der Waals surface area contributed by atoms with E-state index in [-0.39, 0.29) is 29.5 Å². The molecule has 0 heterocycles. The number of benzene rings is 1. The van der Waals surface area contributed by atoms with E-state index in [1.165, 1.54) is 13.2 Å². The van der Waals surface area contributed by atoms with Crippen LogP contribution in [0.2, 0.25) is 5.02 Å². The molecule has 0 bridgehead atoms. The molecule has 17 heavy (non-hydrogen) atoms. The van der Waals surface area contributed by atoms with Crippen LogP contribution in [0.3, 0.4) is 0 Å². The van der Waals surface area contributed by atoms with E-state index < -0.39 is 11.8 Å². The highest BCUT2D eigenvalue weighted by atomic mass is 35.5. The van der Waals surface area contributed by atoms with Crippen LogP contribution in [0.4, 0.5) is 4.39 Å². The summed E-state index contributed by atoms with van der Waals surface area (Å²) in [4.78, 5) is 11.3. The average Bonchev–Trinajstić information content (AvgIpc) is 2.32. The number of aliphatic hydroxyl groups excluding tert-OH is 1. The molecule has 94 valence electrons. The second kappa shape index (κ2) is 6.42. The Balaban J connectivity index is 2.93. The molecule has 1 aromatic carbocycles. The summed E-state index contributed by atoms with van der Waals surface area (Å²) in [6, 6.07) is 2.38. The van der Waals surface area contributed by atoms with Crippen molar-refractivity contribution in [2.75, 3.05) is 20.3 Å². The van der Waals surface area contributed by atoms with E-state index in [2.05, 4.69) is 4.74 Å². The third-order valence-corrected chi connectivity index (χ3v) is 2.36. The number of esters is 1. The van der Waals surface area contributed by atoms with Crippen LogP contribution in [0.1, 0.15) is 16.8 Å². The summed E-state index contributed by atoms with van der Waals surface area (Å²) in [6.45, 7) is 0.193. The molecule has 0 atom stereocenters. The fourth-order valence-corrected chi connectivity index (χ4v) is 1.35. The van der Waals surface area contributed by atoms with Crippen LogP contribution in [-0.4, -0.2) is 31.4 Å². The number of hydrogen-bond donors (Lipinski definition) is 1. The molecule has 0 saturated carbocycles. The number of aliphatic hydroxyl groups is 1. The van der Waals surface area contributed by atoms with E-state index in [1.807, 2.05) is 0 Å². The maximum absolute atomic E-state index is 13.4. The summed E-state index contributed by atoms with van der Waals surface area (Å²) in [6.07, 6.45) is 0.414. The van der Waals surface area contributed by atoms with Crippen LogP contribution < -0.4 is 4.74 Å². The quantitative estimate of drug-likeness (QED) is 0.652. The lowest BCUT2D eigenvalue weighted by Crippen LogP contribution is -2.06. The summed E-state index contributed by atoms with van der Waals surface area (Å²) < 4.78 is 23.0. The largest absolute Gasteiger partial charge is 0.493 e. The van der Waals surface area contributed by atoms with Gasteiger partial charge in [-0.2, -0.15) is 0 Å². The monoisotopic (exact) mass is 262 g/mol. The third-order valence-electron chi connectivity index (χ3n) is 1.98. The number of carbonyl (C=O) groups excluding carboxylic acids is 1. The fourth-order valence-electron chi connectivity index (χ4n) is 1.16. The number of carbonyl (C=O) groups is 1. The van der Waals surface area contributed by atoms with Gasteiger partial charge in [0.25, 0.3) is 0 Å². The molecule has 0 aliphatic carbocycles. The van der Waals surface area contributed by atoms with Crippen LogP contribution in [0.25, 0.3) is 0 Å². The lowest BCUT2D eigenvalue weighted by Gasteiger charge is -2.09. The Kier molecular flexibility index (Phi) is 5.18. The van der Waals surface area contributed by atoms with Crippen molar-refractivity contribution in [3.05, 3.63) is 28.5 Å². The summed E-state index contributed by atoms with van der Waals surface area (Å²) in [5.41, 5.74) is -0.0897. The molecule has 6 heteroatoms. The van der Waals surface area contributed by atoms with Gasteiger partial charge in [0.2, 0.25) is 0 Å². The molecule has 0 aromatic heterocycles. The standard InChI is InChI=1S/C11H12ClFO4/c1-16-11(15)8-5-7(17-4-2-3-14)6-9(13)10(8)12/h5-6,14H,2-4H2,1H3. The lowest BCUT2D eigenvalue weighted by molar-refractivity contribution is 0.0599. The lowest BCUT2D eigenvalue weighted by atomic mass is 10.2. The van der Waals surface area contributed by atoms with Gasteiger partial charge < -0.3 is 14.6 Å². The molecule has 0 fully saturated rings. The molecule has 0 aliphatic heterocycles. The van der Waals surface area contributed by atoms with Crippen molar-refractivity contribution in [2.24, 2.45) is 0 Å². The van der Waals surface area contributed by atoms with Crippen molar-refractivity contribution >= 4 is 17.6 Å². The minimum absolute atomic E-state index is 0.0278. The van der Waals surface area contributed by atoms with E-state index >= 15 is 0 Å². The van der Waals surface area contributed by atoms with Crippen molar-refractivity contribution in [2.45, 2.75) is 6.42 Å². The molecule has 0 aliphatic rings. The number of methoxy groups -OCH3 is 1. The van der Waals surface area contributed by atoms with Crippen molar-refractivity contribution < 1.29 is 23.8 Å². The Morgan fingerprint density at radius 3 is 2.82 bits per heavy atom. The van der Waals surface area contributed by atoms with Gasteiger partial charge in [-0.3, -0.25) is 0 Å². The number of halogens is 2. The predicted molar refractivity (Wildman–Crippen MR) is 59.9 cm³/mol. The van der Waals surface area contributed by atoms with E-state index in [4.69, 9.17) is 21.4 Å². The van der Waals surface area contributed by atoms with Crippen molar-refractivity contribution in [3.8, 4) is 5.75 Å². The van der Waals surface area contributed by atoms with E-state index in [9.17, 15) is 9.18 Å². The van der Waals surface area contributed by atoms with Gasteiger partial charge in [-0.25, -0.2) is 9.18 Å². The molecule has 1 N–H and O–H groups in total. The zero-order valence-electron chi connectivity index (χ0n) is 9.20. The molecule has 1 rings (SSSR count). The van der Waals surface area contributed by atoms with Gasteiger partial charge >= 0.3 is 5.97 Å². The molecule has 0 spiro atoms. The smallest absolute Gasteiger partial charge is 0.339 e. The average molecular weight is 263 g/mol. The Morgan fingerprint density at radius 2 is 2.24 bits per heavy atom. The molecule has 1 aromatic rings. The van der Waals surface area contributed by atoms with Crippen molar-refractivity contribution in [3.63, 3.8) is 0 Å². The van der Waals surface area contributed by atoms with Crippen LogP contribution in [0.5, 0.6) is 5.75 Å². The van der Waals surface area contributed by atoms with E-state index in [0.29, 0.717) is 6.42 Å². The molecule has 0 radical (unpaired) electrons. The topological polar surface area (TPSA) is 55.8 Å². The summed E-state index contributed by atoms with van der Waals surface area (Å²) in [7, 11) is 1.18. The maximum Gasteiger partial charge on any atom is 0.339 e. The number of rotatable bonds is 5. The highest BCUT2D eigenvalue weighted by molar-refractivity contribution is 6.33. The molecule has 0 saturated heterocycles. The first-order valence-electron chi connectivity index (χ1n) is 4.91. The number of hydrogen-bond acceptors (Lipinski definition) is 4. The molecular weight excluding hydrogens is 251 g/mol. The van der Waals surface area contributed by atoms with E-state index in [0.717, 1.165) is 6.07 Å². The first-order chi connectivity index (χ1) is 8.10. The number of ether oxygens (including phenoxy) is 2. The van der Waals surface area contributed by atoms with Gasteiger partial charge in [-0.05, 0) is 6.07 Å². The normalized spacial score (nSPS) is 10.1. The summed E-state index contributed by atoms with van der Waals surface area (Å²) >= 11 is 5.63. The van der Waals surface area contributed by atoms with Gasteiger partial charge in [-0.1, -0.05) is 11.6 Å². The minimum atomic E-state index is -0.756. The summed E-state index contributed by atoms with van der Waals surface area (Å²) in [5, 5.41) is 8.27. The summed E-state index contributed by atoms with van der Waals surface area (Å²) in [5.74, 6) is -1.32. The zero-order chi connectivity index (χ0) is 12.8. The van der Waals surface area contributed by atoms with Crippen molar-refractivity contribution in [1.82, 2.24) is 0 Å². The molecule has 0 unspecified atom stereocenters. The minimum Gasteiger partial charge on any atom is -0.493 e. The molecule has 0 amide bonds. The Bertz CT molecular complexity index is 409. The molecular formula is C11H12ClFO4. The maximum atomic E-state index is 13.4.